The molecular formula is C27H34N6OS. The van der Waals surface area contributed by atoms with Crippen molar-refractivity contribution in [2.45, 2.75) is 45.4 Å². The Balaban J connectivity index is 1.42. The number of thiocarbonyl (C=S) groups is 1. The van der Waals surface area contributed by atoms with Crippen molar-refractivity contribution in [1.29, 1.82) is 0 Å². The van der Waals surface area contributed by atoms with Crippen LogP contribution in [-0.4, -0.2) is 62.3 Å². The van der Waals surface area contributed by atoms with Gasteiger partial charge in [-0.15, -0.1) is 0 Å². The summed E-state index contributed by atoms with van der Waals surface area (Å²) in [6.45, 7) is 11.1. The lowest BCUT2D eigenvalue weighted by Crippen LogP contribution is -2.37. The molecule has 0 aromatic carbocycles. The molecule has 0 aliphatic carbocycles. The van der Waals surface area contributed by atoms with Gasteiger partial charge in [0.25, 0.3) is 0 Å². The van der Waals surface area contributed by atoms with Crippen LogP contribution in [0.25, 0.3) is 0 Å². The monoisotopic (exact) mass is 490 g/mol. The molecule has 0 saturated carbocycles. The number of hydrogen-bond acceptors (Lipinski definition) is 5. The Hall–Kier alpha value is -2.81. The number of ether oxygens (including phenoxy) is 1. The minimum atomic E-state index is -0.0114. The summed E-state index contributed by atoms with van der Waals surface area (Å²) >= 11 is 5.86. The van der Waals surface area contributed by atoms with Gasteiger partial charge in [0.05, 0.1) is 31.0 Å². The highest BCUT2D eigenvalue weighted by Crippen LogP contribution is 2.41. The summed E-state index contributed by atoms with van der Waals surface area (Å²) in [4.78, 5) is 13.8. The van der Waals surface area contributed by atoms with Gasteiger partial charge in [-0.1, -0.05) is 12.1 Å². The molecule has 5 rings (SSSR count). The van der Waals surface area contributed by atoms with Crippen LogP contribution in [0.4, 0.5) is 0 Å². The van der Waals surface area contributed by atoms with Gasteiger partial charge in [-0.25, -0.2) is 0 Å². The van der Waals surface area contributed by atoms with E-state index in [-0.39, 0.29) is 12.1 Å². The minimum Gasteiger partial charge on any atom is -0.379 e. The lowest BCUT2D eigenvalue weighted by molar-refractivity contribution is 0.0369. The summed E-state index contributed by atoms with van der Waals surface area (Å²) in [6.07, 6.45) is 6.71. The summed E-state index contributed by atoms with van der Waals surface area (Å²) < 4.78 is 7.96. The van der Waals surface area contributed by atoms with Crippen molar-refractivity contribution in [1.82, 2.24) is 29.7 Å². The first kappa shape index (κ1) is 23.9. The third-order valence-corrected chi connectivity index (χ3v) is 7.52. The summed E-state index contributed by atoms with van der Waals surface area (Å²) in [5.41, 5.74) is 6.05. The van der Waals surface area contributed by atoms with Crippen LogP contribution >= 0.6 is 12.2 Å². The maximum atomic E-state index is 5.86. The molecular weight excluding hydrogens is 456 g/mol. The number of morpholine rings is 1. The van der Waals surface area contributed by atoms with Crippen molar-refractivity contribution in [3.63, 3.8) is 0 Å². The second-order valence-corrected chi connectivity index (χ2v) is 9.79. The summed E-state index contributed by atoms with van der Waals surface area (Å²) in [5, 5.41) is 4.33. The number of rotatable bonds is 8. The molecule has 2 saturated heterocycles. The molecule has 2 aliphatic heterocycles. The zero-order chi connectivity index (χ0) is 24.2. The molecule has 2 aliphatic rings. The molecule has 7 nitrogen and oxygen atoms in total. The molecule has 5 heterocycles. The van der Waals surface area contributed by atoms with Crippen LogP contribution in [-0.2, 0) is 17.8 Å². The Morgan fingerprint density at radius 2 is 1.94 bits per heavy atom. The molecule has 184 valence electrons. The van der Waals surface area contributed by atoms with Crippen LogP contribution in [0.15, 0.2) is 55.0 Å². The van der Waals surface area contributed by atoms with Crippen LogP contribution in [0, 0.1) is 13.8 Å². The second kappa shape index (κ2) is 10.8. The van der Waals surface area contributed by atoms with Gasteiger partial charge in [-0.05, 0) is 67.9 Å². The Morgan fingerprint density at radius 3 is 2.69 bits per heavy atom. The van der Waals surface area contributed by atoms with Gasteiger partial charge in [0.15, 0.2) is 5.11 Å². The van der Waals surface area contributed by atoms with Crippen molar-refractivity contribution in [2.75, 3.05) is 32.8 Å². The molecule has 2 fully saturated rings. The highest BCUT2D eigenvalue weighted by Gasteiger charge is 2.41. The number of pyridine rings is 2. The SMILES string of the molecule is Cc1cc([C@H]2[C@H](c3ccccn3)NC(=S)N2Cc2cccnc2)c(C)n1CCCN1CCOCC1. The molecule has 0 bridgehead atoms. The first-order valence-electron chi connectivity index (χ1n) is 12.5. The lowest BCUT2D eigenvalue weighted by Gasteiger charge is -2.28. The van der Waals surface area contributed by atoms with Crippen LogP contribution in [0.2, 0.25) is 0 Å². The molecule has 35 heavy (non-hydrogen) atoms. The van der Waals surface area contributed by atoms with Gasteiger partial charge in [-0.2, -0.15) is 0 Å². The molecule has 3 aromatic heterocycles. The molecule has 0 radical (unpaired) electrons. The predicted molar refractivity (Wildman–Crippen MR) is 141 cm³/mol. The number of nitrogens with zero attached hydrogens (tertiary/aromatic N) is 5. The standard InChI is InChI=1S/C27H34N6OS/c1-20-17-23(21(2)32(20)12-6-11-31-13-15-34-16-14-31)26-25(24-8-3-4-10-29-24)30-27(35)33(26)19-22-7-5-9-28-18-22/h3-5,7-10,17-18,25-26H,6,11-16,19H2,1-2H3,(H,30,35)/t25-,26-/m0/s1. The summed E-state index contributed by atoms with van der Waals surface area (Å²) in [5.74, 6) is 0. The first-order chi connectivity index (χ1) is 17.1. The lowest BCUT2D eigenvalue weighted by atomic mass is 9.96. The third-order valence-electron chi connectivity index (χ3n) is 7.16. The zero-order valence-corrected chi connectivity index (χ0v) is 21.4. The Labute approximate surface area is 213 Å². The van der Waals surface area contributed by atoms with Crippen molar-refractivity contribution in [2.24, 2.45) is 0 Å². The van der Waals surface area contributed by atoms with E-state index in [1.807, 2.05) is 36.8 Å². The maximum absolute atomic E-state index is 5.86. The van der Waals surface area contributed by atoms with E-state index in [0.29, 0.717) is 6.54 Å². The van der Waals surface area contributed by atoms with Crippen molar-refractivity contribution in [3.8, 4) is 0 Å². The van der Waals surface area contributed by atoms with E-state index in [0.717, 1.165) is 62.2 Å². The van der Waals surface area contributed by atoms with Crippen molar-refractivity contribution >= 4 is 17.3 Å². The van der Waals surface area contributed by atoms with Crippen molar-refractivity contribution < 1.29 is 4.74 Å². The van der Waals surface area contributed by atoms with E-state index in [1.165, 1.54) is 17.0 Å². The van der Waals surface area contributed by atoms with E-state index in [9.17, 15) is 0 Å². The maximum Gasteiger partial charge on any atom is 0.170 e. The predicted octanol–water partition coefficient (Wildman–Crippen LogP) is 3.79. The number of aryl methyl sites for hydroxylation is 1. The quantitative estimate of drug-likeness (QED) is 0.482. The molecule has 1 N–H and O–H groups in total. The van der Waals surface area contributed by atoms with E-state index < -0.39 is 0 Å². The van der Waals surface area contributed by atoms with Gasteiger partial charge >= 0.3 is 0 Å². The fraction of sp³-hybridized carbons (Fsp3) is 0.444. The van der Waals surface area contributed by atoms with E-state index in [2.05, 4.69) is 61.7 Å². The average Bonchev–Trinajstić information content (AvgIpc) is 3.36. The van der Waals surface area contributed by atoms with Gasteiger partial charge in [0.1, 0.15) is 0 Å². The van der Waals surface area contributed by atoms with Gasteiger partial charge in [0, 0.05) is 62.7 Å². The average molecular weight is 491 g/mol. The Kier molecular flexibility index (Phi) is 7.41. The fourth-order valence-corrected chi connectivity index (χ4v) is 5.66. The Morgan fingerprint density at radius 1 is 1.09 bits per heavy atom. The van der Waals surface area contributed by atoms with E-state index >= 15 is 0 Å². The van der Waals surface area contributed by atoms with Crippen LogP contribution in [0.3, 0.4) is 0 Å². The van der Waals surface area contributed by atoms with Crippen LogP contribution < -0.4 is 5.32 Å². The second-order valence-electron chi connectivity index (χ2n) is 9.40. The van der Waals surface area contributed by atoms with Crippen molar-refractivity contribution in [3.05, 3.63) is 83.2 Å². The van der Waals surface area contributed by atoms with Gasteiger partial charge in [-0.3, -0.25) is 14.9 Å². The third kappa shape index (κ3) is 5.24. The summed E-state index contributed by atoms with van der Waals surface area (Å²) in [6, 6.07) is 12.6. The highest BCUT2D eigenvalue weighted by molar-refractivity contribution is 7.80. The van der Waals surface area contributed by atoms with Crippen LogP contribution in [0.5, 0.6) is 0 Å². The number of hydrogen-bond donors (Lipinski definition) is 1. The molecule has 2 atom stereocenters. The molecule has 0 spiro atoms. The molecule has 0 amide bonds. The smallest absolute Gasteiger partial charge is 0.170 e. The Bertz CT molecular complexity index is 1130. The van der Waals surface area contributed by atoms with Gasteiger partial charge in [0.2, 0.25) is 0 Å². The topological polar surface area (TPSA) is 58.5 Å². The fourth-order valence-electron chi connectivity index (χ4n) is 5.35. The largest absolute Gasteiger partial charge is 0.379 e. The molecule has 3 aromatic rings. The minimum absolute atomic E-state index is 0.0114. The molecule has 0 unspecified atom stereocenters. The zero-order valence-electron chi connectivity index (χ0n) is 20.6. The highest BCUT2D eigenvalue weighted by atomic mass is 32.1. The van der Waals surface area contributed by atoms with E-state index in [1.54, 1.807) is 0 Å². The number of nitrogens with one attached hydrogen (secondary N) is 1. The number of aromatic nitrogens is 3. The normalized spacial score (nSPS) is 20.9. The van der Waals surface area contributed by atoms with Gasteiger partial charge < -0.3 is 19.5 Å². The van der Waals surface area contributed by atoms with E-state index in [4.69, 9.17) is 17.0 Å². The molecule has 8 heteroatoms. The first-order valence-corrected chi connectivity index (χ1v) is 12.9. The van der Waals surface area contributed by atoms with Crippen LogP contribution in [0.1, 0.15) is 46.7 Å². The summed E-state index contributed by atoms with van der Waals surface area (Å²) in [7, 11) is 0.